The number of carbonyl (C=O) groups is 2. The number of esters is 1. The molecule has 0 radical (unpaired) electrons. The van der Waals surface area contributed by atoms with Gasteiger partial charge in [-0.15, -0.1) is 0 Å². The number of ether oxygens (including phenoxy) is 1. The number of amides is 1. The number of piperidine rings is 1. The van der Waals surface area contributed by atoms with Crippen molar-refractivity contribution in [3.63, 3.8) is 0 Å². The van der Waals surface area contributed by atoms with E-state index < -0.39 is 5.60 Å². The summed E-state index contributed by atoms with van der Waals surface area (Å²) in [5.74, 6) is 0.0839. The average molecular weight is 325 g/mol. The molecule has 0 aromatic heterocycles. The fourth-order valence-electron chi connectivity index (χ4n) is 3.10. The topological polar surface area (TPSA) is 53.1 Å². The molecule has 2 rings (SSSR count). The van der Waals surface area contributed by atoms with Crippen LogP contribution in [0.2, 0.25) is 0 Å². The van der Waals surface area contributed by atoms with E-state index in [-0.39, 0.29) is 11.9 Å². The number of piperazine rings is 1. The van der Waals surface area contributed by atoms with E-state index in [0.29, 0.717) is 13.1 Å². The molecule has 23 heavy (non-hydrogen) atoms. The van der Waals surface area contributed by atoms with Crippen molar-refractivity contribution in [1.29, 1.82) is 0 Å². The summed E-state index contributed by atoms with van der Waals surface area (Å²) < 4.78 is 5.36. The van der Waals surface area contributed by atoms with Crippen molar-refractivity contribution in [2.24, 2.45) is 0 Å². The number of nitrogens with zero attached hydrogens (tertiary/aromatic N) is 3. The third-order valence-corrected chi connectivity index (χ3v) is 4.31. The first-order valence-corrected chi connectivity index (χ1v) is 8.78. The Labute approximate surface area is 139 Å². The van der Waals surface area contributed by atoms with Crippen molar-refractivity contribution in [2.45, 2.75) is 45.6 Å². The monoisotopic (exact) mass is 325 g/mol. The third kappa shape index (κ3) is 6.47. The molecule has 0 aromatic carbocycles. The van der Waals surface area contributed by atoms with Crippen molar-refractivity contribution >= 4 is 11.9 Å². The zero-order valence-electron chi connectivity index (χ0n) is 14.8. The average Bonchev–Trinajstić information content (AvgIpc) is 2.48. The van der Waals surface area contributed by atoms with E-state index in [9.17, 15) is 9.59 Å². The summed E-state index contributed by atoms with van der Waals surface area (Å²) in [7, 11) is 0. The third-order valence-electron chi connectivity index (χ3n) is 4.31. The molecule has 0 bridgehead atoms. The standard InChI is InChI=1S/C17H31N3O3/c1-17(2,3)23-16(22)14-19-11-9-18(10-12-19)13-15(21)20-7-5-4-6-8-20/h4-14H2,1-3H3. The van der Waals surface area contributed by atoms with Gasteiger partial charge in [0.05, 0.1) is 13.1 Å². The fraction of sp³-hybridized carbons (Fsp3) is 0.882. The summed E-state index contributed by atoms with van der Waals surface area (Å²) in [5.41, 5.74) is -0.431. The molecule has 0 unspecified atom stereocenters. The fourth-order valence-corrected chi connectivity index (χ4v) is 3.10. The first-order chi connectivity index (χ1) is 10.8. The molecule has 0 atom stereocenters. The van der Waals surface area contributed by atoms with Crippen LogP contribution in [0.3, 0.4) is 0 Å². The van der Waals surface area contributed by atoms with Crippen LogP contribution < -0.4 is 0 Å². The summed E-state index contributed by atoms with van der Waals surface area (Å²) in [6.45, 7) is 11.6. The van der Waals surface area contributed by atoms with Crippen LogP contribution in [0.25, 0.3) is 0 Å². The minimum Gasteiger partial charge on any atom is -0.459 e. The molecule has 2 fully saturated rings. The summed E-state index contributed by atoms with van der Waals surface area (Å²) in [4.78, 5) is 30.4. The highest BCUT2D eigenvalue weighted by molar-refractivity contribution is 5.78. The summed E-state index contributed by atoms with van der Waals surface area (Å²) in [5, 5.41) is 0. The highest BCUT2D eigenvalue weighted by Gasteiger charge is 2.25. The second kappa shape index (κ2) is 8.11. The highest BCUT2D eigenvalue weighted by Crippen LogP contribution is 2.11. The van der Waals surface area contributed by atoms with Gasteiger partial charge in [0, 0.05) is 39.3 Å². The molecule has 132 valence electrons. The van der Waals surface area contributed by atoms with Gasteiger partial charge in [-0.25, -0.2) is 0 Å². The second-order valence-electron chi connectivity index (χ2n) is 7.58. The largest absolute Gasteiger partial charge is 0.459 e. The number of rotatable bonds is 4. The molecule has 2 aliphatic heterocycles. The second-order valence-corrected chi connectivity index (χ2v) is 7.58. The van der Waals surface area contributed by atoms with Crippen molar-refractivity contribution < 1.29 is 14.3 Å². The van der Waals surface area contributed by atoms with Gasteiger partial charge in [-0.2, -0.15) is 0 Å². The first kappa shape index (κ1) is 18.2. The van der Waals surface area contributed by atoms with Crippen LogP contribution in [0.4, 0.5) is 0 Å². The van der Waals surface area contributed by atoms with E-state index >= 15 is 0 Å². The Hall–Kier alpha value is -1.14. The van der Waals surface area contributed by atoms with Gasteiger partial charge in [-0.3, -0.25) is 19.4 Å². The number of hydrogen-bond donors (Lipinski definition) is 0. The van der Waals surface area contributed by atoms with Crippen LogP contribution in [-0.2, 0) is 14.3 Å². The Morgan fingerprint density at radius 3 is 1.87 bits per heavy atom. The number of hydrogen-bond acceptors (Lipinski definition) is 5. The van der Waals surface area contributed by atoms with E-state index in [1.54, 1.807) is 0 Å². The van der Waals surface area contributed by atoms with Crippen molar-refractivity contribution in [1.82, 2.24) is 14.7 Å². The van der Waals surface area contributed by atoms with E-state index in [0.717, 1.165) is 52.1 Å². The van der Waals surface area contributed by atoms with Crippen LogP contribution in [-0.4, -0.2) is 84.5 Å². The van der Waals surface area contributed by atoms with Gasteiger partial charge in [0.2, 0.25) is 5.91 Å². The molecule has 0 saturated carbocycles. The summed E-state index contributed by atoms with van der Waals surface area (Å²) in [6.07, 6.45) is 3.51. The van der Waals surface area contributed by atoms with E-state index in [1.165, 1.54) is 6.42 Å². The molecular formula is C17H31N3O3. The van der Waals surface area contributed by atoms with Crippen LogP contribution in [0.15, 0.2) is 0 Å². The quantitative estimate of drug-likeness (QED) is 0.721. The maximum Gasteiger partial charge on any atom is 0.320 e. The van der Waals surface area contributed by atoms with Crippen LogP contribution in [0.1, 0.15) is 40.0 Å². The van der Waals surface area contributed by atoms with Gasteiger partial charge in [0.1, 0.15) is 5.60 Å². The van der Waals surface area contributed by atoms with Gasteiger partial charge in [-0.05, 0) is 40.0 Å². The summed E-state index contributed by atoms with van der Waals surface area (Å²) >= 11 is 0. The Morgan fingerprint density at radius 1 is 0.826 bits per heavy atom. The Morgan fingerprint density at radius 2 is 1.35 bits per heavy atom. The molecule has 2 aliphatic rings. The Balaban J connectivity index is 1.67. The maximum absolute atomic E-state index is 12.3. The molecule has 0 aliphatic carbocycles. The smallest absolute Gasteiger partial charge is 0.320 e. The highest BCUT2D eigenvalue weighted by atomic mass is 16.6. The molecule has 6 heteroatoms. The lowest BCUT2D eigenvalue weighted by Crippen LogP contribution is -2.51. The molecule has 2 heterocycles. The molecule has 6 nitrogen and oxygen atoms in total. The molecule has 2 saturated heterocycles. The van der Waals surface area contributed by atoms with Crippen molar-refractivity contribution in [2.75, 3.05) is 52.4 Å². The predicted molar refractivity (Wildman–Crippen MR) is 89.2 cm³/mol. The Kier molecular flexibility index (Phi) is 6.41. The van der Waals surface area contributed by atoms with Gasteiger partial charge < -0.3 is 9.64 Å². The van der Waals surface area contributed by atoms with Crippen molar-refractivity contribution in [3.05, 3.63) is 0 Å². The van der Waals surface area contributed by atoms with Crippen LogP contribution >= 0.6 is 0 Å². The van der Waals surface area contributed by atoms with E-state index in [2.05, 4.69) is 9.80 Å². The number of likely N-dealkylation sites (tertiary alicyclic amines) is 1. The molecule has 0 N–H and O–H groups in total. The van der Waals surface area contributed by atoms with E-state index in [1.807, 2.05) is 25.7 Å². The zero-order chi connectivity index (χ0) is 16.9. The molecule has 0 spiro atoms. The SMILES string of the molecule is CC(C)(C)OC(=O)CN1CCN(CC(=O)N2CCCCC2)CC1. The zero-order valence-corrected chi connectivity index (χ0v) is 14.8. The lowest BCUT2D eigenvalue weighted by molar-refractivity contribution is -0.156. The van der Waals surface area contributed by atoms with Crippen molar-refractivity contribution in [3.8, 4) is 0 Å². The first-order valence-electron chi connectivity index (χ1n) is 8.78. The molecular weight excluding hydrogens is 294 g/mol. The molecule has 0 aromatic rings. The van der Waals surface area contributed by atoms with Gasteiger partial charge in [-0.1, -0.05) is 0 Å². The van der Waals surface area contributed by atoms with Gasteiger partial charge >= 0.3 is 5.97 Å². The minimum atomic E-state index is -0.431. The number of carbonyl (C=O) groups excluding carboxylic acids is 2. The predicted octanol–water partition coefficient (Wildman–Crippen LogP) is 0.958. The maximum atomic E-state index is 12.3. The van der Waals surface area contributed by atoms with Crippen LogP contribution in [0, 0.1) is 0 Å². The van der Waals surface area contributed by atoms with E-state index in [4.69, 9.17) is 4.74 Å². The van der Waals surface area contributed by atoms with Gasteiger partial charge in [0.25, 0.3) is 0 Å². The summed E-state index contributed by atoms with van der Waals surface area (Å²) in [6, 6.07) is 0. The lowest BCUT2D eigenvalue weighted by atomic mass is 10.1. The lowest BCUT2D eigenvalue weighted by Gasteiger charge is -2.35. The van der Waals surface area contributed by atoms with Gasteiger partial charge in [0.15, 0.2) is 0 Å². The Bertz CT molecular complexity index is 406. The normalized spacial score (nSPS) is 21.3. The van der Waals surface area contributed by atoms with Crippen LogP contribution in [0.5, 0.6) is 0 Å². The minimum absolute atomic E-state index is 0.171. The molecule has 1 amide bonds.